The number of hydrogen-bond acceptors (Lipinski definition) is 26. The van der Waals surface area contributed by atoms with E-state index in [0.29, 0.717) is 49.6 Å². The van der Waals surface area contributed by atoms with Crippen LogP contribution < -0.4 is 61.5 Å². The average molecular weight is 2060 g/mol. The monoisotopic (exact) mass is 2060 g/mol. The zero-order valence-electron chi connectivity index (χ0n) is 86.4. The van der Waals surface area contributed by atoms with Gasteiger partial charge in [0.1, 0.15) is 58.1 Å². The lowest BCUT2D eigenvalue weighted by Gasteiger charge is -2.24. The minimum absolute atomic E-state index is 0.0840. The highest BCUT2D eigenvalue weighted by Crippen LogP contribution is 2.35. The van der Waals surface area contributed by atoms with Gasteiger partial charge in [0.05, 0.1) is 104 Å². The number of rotatable bonds is 55. The van der Waals surface area contributed by atoms with E-state index in [2.05, 4.69) is 37.2 Å². The van der Waals surface area contributed by atoms with Gasteiger partial charge in [-0.25, -0.2) is 0 Å². The Kier molecular flexibility index (Phi) is 44.2. The second-order valence-electron chi connectivity index (χ2n) is 38.6. The summed E-state index contributed by atoms with van der Waals surface area (Å²) in [6.07, 6.45) is 1.15. The molecule has 8 aromatic carbocycles. The molecule has 36 heteroatoms. The number of epoxide rings is 4. The number of halogens is 2. The first kappa shape index (κ1) is 118. The first-order chi connectivity index (χ1) is 70.7. The number of ketones is 8. The molecule has 8 amide bonds. The standard InChI is InChI=1S/C29H34F2N2O6.2C28H34N2O7.C28H34N2O6/c1-18(32-27(37)29(3,30)31)24(34)16-21(14-20-10-12-22(38-4)13-11-20)26(36)33-23(25(35)28(2)17-39-28)15-19-8-6-5-7-9-19;1-18(32)29-24(16-31)25(33)15-21(13-20-9-11-22(36-3)12-10-20)27(35)30-23(26(34)28(2)17-37-28)14-19-7-5-4-6-8-19;1-18(29-25(33)16-31)24(32)15-21(13-20-9-11-22(36-3)12-10-20)27(35)30-23(26(34)28(2)17-37-28)14-19-7-5-4-6-8-19;1-18(29-19(2)31)25(32)16-22(14-21-10-12-23(35-4)13-11-21)27(34)30-24(26(33)28(3)17-36-28)15-20-8-6-5-7-9-20/h5-13,18,21,23H,14-17H2,1-4H3,(H,32,37)(H,33,36);4-12,21,23-24,31H,13-17H2,1-3H3,(H,29,32)(H,30,35);4-12,18,21,23,31H,13-17H2,1-3H3,(H,29,33)(H,30,35);5-13,18,22,24H,14-17H2,1-4H3,(H,29,31)(H,30,34)/t18-,21+,23-,28+;21-,23+,24+,28-;18-,21+,23-,28+;18-,22+,24-,28+/m0100/s1. The van der Waals surface area contributed by atoms with Crippen molar-refractivity contribution in [3.8, 4) is 23.0 Å². The summed E-state index contributed by atoms with van der Waals surface area (Å²) in [5.41, 5.74) is 2.89. The zero-order valence-corrected chi connectivity index (χ0v) is 86.4. The summed E-state index contributed by atoms with van der Waals surface area (Å²) in [7, 11) is 6.20. The Labute approximate surface area is 865 Å². The largest absolute Gasteiger partial charge is 0.497 e. The number of hydrogen-bond donors (Lipinski definition) is 10. The first-order valence-corrected chi connectivity index (χ1v) is 49.2. The minimum atomic E-state index is -3.65. The summed E-state index contributed by atoms with van der Waals surface area (Å²) in [6, 6.07) is 58.4. The summed E-state index contributed by atoms with van der Waals surface area (Å²) in [5.74, 6) is -11.9. The third-order valence-electron chi connectivity index (χ3n) is 26.0. The van der Waals surface area contributed by atoms with Gasteiger partial charge in [-0.15, -0.1) is 0 Å². The number of aliphatic hydroxyl groups is 2. The van der Waals surface area contributed by atoms with E-state index in [1.165, 1.54) is 34.8 Å². The fourth-order valence-corrected chi connectivity index (χ4v) is 16.4. The molecule has 12 rings (SSSR count). The van der Waals surface area contributed by atoms with E-state index in [-0.39, 0.29) is 124 Å². The van der Waals surface area contributed by atoms with Gasteiger partial charge in [0.25, 0.3) is 5.91 Å². The van der Waals surface area contributed by atoms with E-state index in [0.717, 1.165) is 44.5 Å². The number of ether oxygens (including phenoxy) is 8. The lowest BCUT2D eigenvalue weighted by molar-refractivity contribution is -0.145. The maximum atomic E-state index is 13.6. The van der Waals surface area contributed by atoms with Crippen molar-refractivity contribution in [1.82, 2.24) is 42.5 Å². The molecule has 0 aromatic heterocycles. The van der Waals surface area contributed by atoms with Gasteiger partial charge in [-0.3, -0.25) is 76.7 Å². The van der Waals surface area contributed by atoms with Crippen molar-refractivity contribution in [2.75, 3.05) is 68.1 Å². The smallest absolute Gasteiger partial charge is 0.321 e. The fourth-order valence-electron chi connectivity index (χ4n) is 16.4. The van der Waals surface area contributed by atoms with Gasteiger partial charge < -0.3 is 90.6 Å². The molecule has 798 valence electrons. The lowest BCUT2D eigenvalue weighted by atomic mass is 9.89. The topological polar surface area (TPSA) is 497 Å². The Bertz CT molecular complexity index is 5890. The van der Waals surface area contributed by atoms with Crippen LogP contribution in [0.25, 0.3) is 0 Å². The Balaban J connectivity index is 0.000000221. The normalized spacial score (nSPS) is 18.8. The molecule has 149 heavy (non-hydrogen) atoms. The number of aliphatic hydroxyl groups excluding tert-OH is 2. The Hall–Kier alpha value is -14.3. The van der Waals surface area contributed by atoms with Crippen LogP contribution in [0, 0.1) is 23.7 Å². The van der Waals surface area contributed by atoms with Crippen LogP contribution >= 0.6 is 0 Å². The van der Waals surface area contributed by atoms with Crippen molar-refractivity contribution >= 4 is 93.5 Å². The van der Waals surface area contributed by atoms with Gasteiger partial charge in [0.2, 0.25) is 41.4 Å². The van der Waals surface area contributed by atoms with Crippen molar-refractivity contribution in [3.63, 3.8) is 0 Å². The van der Waals surface area contributed by atoms with Gasteiger partial charge in [-0.1, -0.05) is 170 Å². The molecule has 0 spiro atoms. The molecule has 0 aliphatic carbocycles. The number of methoxy groups -OCH3 is 4. The molecular formula is C113H136F2N8O26. The van der Waals surface area contributed by atoms with E-state index in [9.17, 15) is 90.6 Å². The second-order valence-corrected chi connectivity index (χ2v) is 38.6. The third-order valence-corrected chi connectivity index (χ3v) is 26.0. The summed E-state index contributed by atoms with van der Waals surface area (Å²) in [4.78, 5) is 205. The number of alkyl halides is 2. The molecule has 0 unspecified atom stereocenters. The maximum Gasteiger partial charge on any atom is 0.321 e. The SMILES string of the molecule is COc1ccc(C[C@H](CC(=O)[C@H](C)NC(=O)C(C)(F)F)C(=O)N[C@@H](Cc2ccccc2)C(=O)[C@@]2(C)CO2)cc1.COc1ccc(C[C@H](CC(=O)[C@H](C)NC(=O)CO)C(=O)N[C@@H](Cc2ccccc2)C(=O)[C@@]2(C)CO2)cc1.COc1ccc(C[C@H](CC(=O)[C@H](C)NC(C)=O)C(=O)N[C@@H](Cc2ccccc2)C(=O)[C@@]2(C)CO2)cc1.COc1ccc(C[C@H](CC(=O)[C@H](CO)NC(C)=O)C(=O)N[C@@H](Cc2ccccc2)C(=O)[C@@]2(C)CO2)cc1. The predicted molar refractivity (Wildman–Crippen MR) is 546 cm³/mol. The van der Waals surface area contributed by atoms with E-state index < -0.39 is 166 Å². The number of benzene rings is 8. The number of amides is 8. The van der Waals surface area contributed by atoms with Crippen LogP contribution in [0.5, 0.6) is 23.0 Å². The van der Waals surface area contributed by atoms with Crippen LogP contribution in [-0.4, -0.2) is 248 Å². The van der Waals surface area contributed by atoms with E-state index >= 15 is 0 Å². The molecule has 16 atom stereocenters. The maximum absolute atomic E-state index is 13.6. The van der Waals surface area contributed by atoms with E-state index in [1.807, 2.05) is 151 Å². The Morgan fingerprint density at radius 3 is 0.725 bits per heavy atom. The average Bonchev–Trinajstić information content (AvgIpc) is 1.65. The molecular weight excluding hydrogens is 1920 g/mol. The summed E-state index contributed by atoms with van der Waals surface area (Å²) in [6.45, 7) is 14.0. The van der Waals surface area contributed by atoms with Crippen LogP contribution in [0.2, 0.25) is 0 Å². The number of Topliss-reactive ketones (excluding diaryl/α,β-unsaturated/α-hetero) is 8. The van der Waals surface area contributed by atoms with Gasteiger partial charge >= 0.3 is 5.92 Å². The van der Waals surface area contributed by atoms with Crippen LogP contribution in [-0.2, 0) is 147 Å². The molecule has 8 aromatic rings. The van der Waals surface area contributed by atoms with Gasteiger partial charge in [0, 0.05) is 70.1 Å². The lowest BCUT2D eigenvalue weighted by Crippen LogP contribution is -2.50. The molecule has 4 heterocycles. The van der Waals surface area contributed by atoms with Gasteiger partial charge in [0.15, 0.2) is 46.3 Å². The number of carbonyl (C=O) groups excluding carboxylic acids is 16. The molecule has 4 saturated heterocycles. The second kappa shape index (κ2) is 55.6. The first-order valence-electron chi connectivity index (χ1n) is 49.2. The quantitative estimate of drug-likeness (QED) is 0.0160. The summed E-state index contributed by atoms with van der Waals surface area (Å²) in [5, 5.41) is 39.5. The minimum Gasteiger partial charge on any atom is -0.497 e. The van der Waals surface area contributed by atoms with Crippen LogP contribution in [0.4, 0.5) is 8.78 Å². The summed E-state index contributed by atoms with van der Waals surface area (Å²) >= 11 is 0. The van der Waals surface area contributed by atoms with Crippen molar-refractivity contribution in [2.24, 2.45) is 23.7 Å². The molecule has 0 saturated carbocycles. The zero-order chi connectivity index (χ0) is 109. The van der Waals surface area contributed by atoms with E-state index in [4.69, 9.17) is 43.0 Å². The Morgan fingerprint density at radius 2 is 0.523 bits per heavy atom. The van der Waals surface area contributed by atoms with Crippen molar-refractivity contribution in [3.05, 3.63) is 263 Å². The van der Waals surface area contributed by atoms with Crippen LogP contribution in [0.1, 0.15) is 139 Å². The van der Waals surface area contributed by atoms with Crippen LogP contribution in [0.3, 0.4) is 0 Å². The molecule has 4 fully saturated rings. The van der Waals surface area contributed by atoms with Crippen molar-refractivity contribution in [1.29, 1.82) is 0 Å². The highest BCUT2D eigenvalue weighted by molar-refractivity contribution is 6.02. The Morgan fingerprint density at radius 1 is 0.309 bits per heavy atom. The van der Waals surface area contributed by atoms with Crippen molar-refractivity contribution in [2.45, 2.75) is 223 Å². The highest BCUT2D eigenvalue weighted by atomic mass is 19.3. The number of carbonyl (C=O) groups is 16. The highest BCUT2D eigenvalue weighted by Gasteiger charge is 2.54. The molecule has 4 aliphatic heterocycles. The molecule has 0 bridgehead atoms. The molecule has 0 radical (unpaired) electrons. The number of nitrogens with one attached hydrogen (secondary N) is 8. The van der Waals surface area contributed by atoms with Crippen molar-refractivity contribution < 1.29 is 134 Å². The van der Waals surface area contributed by atoms with Crippen LogP contribution in [0.15, 0.2) is 218 Å². The molecule has 10 N–H and O–H groups in total. The van der Waals surface area contributed by atoms with E-state index in [1.54, 1.807) is 129 Å². The fraction of sp³-hybridized carbons (Fsp3) is 0.434. The summed E-state index contributed by atoms with van der Waals surface area (Å²) < 4.78 is 68.8. The third kappa shape index (κ3) is 37.8. The predicted octanol–water partition coefficient (Wildman–Crippen LogP) is 8.27. The van der Waals surface area contributed by atoms with Gasteiger partial charge in [-0.05, 0) is 193 Å². The van der Waals surface area contributed by atoms with Gasteiger partial charge in [-0.2, -0.15) is 8.78 Å². The molecule has 34 nitrogen and oxygen atoms in total. The molecule has 4 aliphatic rings.